The number of terminal acetylenes is 1. The maximum absolute atomic E-state index is 4.75. The van der Waals surface area contributed by atoms with Gasteiger partial charge in [0.25, 0.3) is 0 Å². The van der Waals surface area contributed by atoms with Gasteiger partial charge in [0.2, 0.25) is 0 Å². The Morgan fingerprint density at radius 2 is 2.20 bits per heavy atom. The van der Waals surface area contributed by atoms with Gasteiger partial charge in [-0.15, -0.1) is 12.3 Å². The number of hydrogen-bond donors (Lipinski definition) is 0. The minimum atomic E-state index is 0.444. The fraction of sp³-hybridized carbons (Fsp3) is 0.200. The van der Waals surface area contributed by atoms with E-state index in [-0.39, 0.29) is 0 Å². The van der Waals surface area contributed by atoms with Crippen LogP contribution in [0.4, 0.5) is 0 Å². The molecule has 0 amide bonds. The first-order chi connectivity index (χ1) is 2.41. The normalized spacial score (nSPS) is 5.40. The third-order valence-electron chi connectivity index (χ3n) is 0.204. The highest BCUT2D eigenvalue weighted by atomic mass is 13.6. The fourth-order valence-electron chi connectivity index (χ4n) is 0.0589. The molecule has 0 aliphatic heterocycles. The topological polar surface area (TPSA) is 0 Å². The highest BCUT2D eigenvalue weighted by Crippen LogP contribution is 1.65. The van der Waals surface area contributed by atoms with Gasteiger partial charge >= 0.3 is 0 Å². The smallest absolute Gasteiger partial charge is 0.0340 e. The van der Waals surface area contributed by atoms with Crippen LogP contribution in [0, 0.1) is 25.0 Å². The molecule has 0 spiro atoms. The van der Waals surface area contributed by atoms with Crippen LogP contribution in [0.1, 0.15) is 6.42 Å². The molecule has 0 heterocycles. The predicted molar refractivity (Wildman–Crippen MR) is 21.0 cm³/mol. The molecule has 2 radical (unpaired) electrons. The molecule has 0 heteroatoms. The van der Waals surface area contributed by atoms with E-state index in [0.29, 0.717) is 6.42 Å². The van der Waals surface area contributed by atoms with Crippen LogP contribution < -0.4 is 0 Å². The molecule has 0 aliphatic rings. The van der Waals surface area contributed by atoms with Crippen molar-refractivity contribution in [1.29, 1.82) is 0 Å². The largest absolute Gasteiger partial charge is 0.120 e. The molecule has 0 atom stereocenters. The van der Waals surface area contributed by atoms with Gasteiger partial charge in [-0.1, -0.05) is 6.58 Å². The van der Waals surface area contributed by atoms with Crippen LogP contribution in [0.2, 0.25) is 0 Å². The lowest BCUT2D eigenvalue weighted by atomic mass is 10.5. The quantitative estimate of drug-likeness (QED) is 0.396. The molecule has 5 heavy (non-hydrogen) atoms. The maximum atomic E-state index is 4.75. The lowest BCUT2D eigenvalue weighted by Gasteiger charge is -1.58. The average Bonchev–Trinajstić information content (AvgIpc) is 1.41. The summed E-state index contributed by atoms with van der Waals surface area (Å²) in [5.74, 6) is 2.28. The Kier molecular flexibility index (Phi) is 2.84. The summed E-state index contributed by atoms with van der Waals surface area (Å²) in [4.78, 5) is 0. The molecule has 0 unspecified atom stereocenters. The molecular weight excluding hydrogens is 60.1 g/mol. The molecule has 0 aromatic heterocycles. The van der Waals surface area contributed by atoms with Crippen molar-refractivity contribution < 1.29 is 0 Å². The second kappa shape index (κ2) is 3.30. The minimum absolute atomic E-state index is 0.444. The van der Waals surface area contributed by atoms with Crippen LogP contribution in [-0.2, 0) is 0 Å². The number of allylic oxidation sites excluding steroid dienone is 1. The zero-order valence-corrected chi connectivity index (χ0v) is 2.86. The van der Waals surface area contributed by atoms with Crippen molar-refractivity contribution >= 4 is 0 Å². The highest BCUT2D eigenvalue weighted by Gasteiger charge is 1.53. The molecule has 0 aliphatic carbocycles. The standard InChI is InChI=1S/C5H4/c1-3-5-4-2/h1-2H,5H2. The molecule has 0 rings (SSSR count). The van der Waals surface area contributed by atoms with E-state index in [1.807, 2.05) is 0 Å². The first-order valence-corrected chi connectivity index (χ1v) is 1.28. The highest BCUT2D eigenvalue weighted by molar-refractivity contribution is 4.86. The van der Waals surface area contributed by atoms with E-state index in [2.05, 4.69) is 12.0 Å². The van der Waals surface area contributed by atoms with Crippen LogP contribution >= 0.6 is 0 Å². The summed E-state index contributed by atoms with van der Waals surface area (Å²) in [7, 11) is 0. The van der Waals surface area contributed by atoms with Crippen LogP contribution in [0.25, 0.3) is 0 Å². The second-order valence-electron chi connectivity index (χ2n) is 0.585. The lowest BCUT2D eigenvalue weighted by molar-refractivity contribution is 1.43. The zero-order chi connectivity index (χ0) is 4.12. The summed E-state index contributed by atoms with van der Waals surface area (Å²) in [6.45, 7) is 4.75. The fourth-order valence-corrected chi connectivity index (χ4v) is 0.0589. The van der Waals surface area contributed by atoms with Gasteiger partial charge in [0.15, 0.2) is 0 Å². The Labute approximate surface area is 32.5 Å². The van der Waals surface area contributed by atoms with Gasteiger partial charge in [-0.3, -0.25) is 0 Å². The third-order valence-corrected chi connectivity index (χ3v) is 0.204. The first-order valence-electron chi connectivity index (χ1n) is 1.28. The van der Waals surface area contributed by atoms with Crippen molar-refractivity contribution in [3.8, 4) is 12.3 Å². The Morgan fingerprint density at radius 1 is 1.60 bits per heavy atom. The van der Waals surface area contributed by atoms with Gasteiger partial charge < -0.3 is 0 Å². The molecule has 0 aromatic rings. The van der Waals surface area contributed by atoms with Crippen LogP contribution in [-0.4, -0.2) is 0 Å². The van der Waals surface area contributed by atoms with E-state index in [0.717, 1.165) is 0 Å². The van der Waals surface area contributed by atoms with Crippen LogP contribution in [0.5, 0.6) is 0 Å². The molecule has 0 N–H and O–H groups in total. The van der Waals surface area contributed by atoms with E-state index in [4.69, 9.17) is 13.0 Å². The average molecular weight is 64.1 g/mol. The lowest BCUT2D eigenvalue weighted by Crippen LogP contribution is -1.47. The summed E-state index contributed by atoms with van der Waals surface area (Å²) in [6, 6.07) is 0. The predicted octanol–water partition coefficient (Wildman–Crippen LogP) is 0.802. The molecule has 0 saturated heterocycles. The summed E-state index contributed by atoms with van der Waals surface area (Å²) >= 11 is 0. The summed E-state index contributed by atoms with van der Waals surface area (Å²) in [5.41, 5.74) is 0. The van der Waals surface area contributed by atoms with Gasteiger partial charge in [0.1, 0.15) is 0 Å². The Hall–Kier alpha value is -0.700. The summed E-state index contributed by atoms with van der Waals surface area (Å²) in [5, 5.41) is 0. The summed E-state index contributed by atoms with van der Waals surface area (Å²) < 4.78 is 0. The second-order valence-corrected chi connectivity index (χ2v) is 0.585. The Morgan fingerprint density at radius 3 is 2.20 bits per heavy atom. The van der Waals surface area contributed by atoms with Crippen molar-refractivity contribution in [2.24, 2.45) is 0 Å². The van der Waals surface area contributed by atoms with Gasteiger partial charge in [-0.2, -0.15) is 0 Å². The monoisotopic (exact) mass is 64.0 g/mol. The molecule has 0 nitrogen and oxygen atoms in total. The van der Waals surface area contributed by atoms with Gasteiger partial charge in [0, 0.05) is 6.42 Å². The summed E-state index contributed by atoms with van der Waals surface area (Å²) in [6.07, 6.45) is 7.47. The van der Waals surface area contributed by atoms with Gasteiger partial charge in [-0.25, -0.2) is 0 Å². The molecule has 0 bridgehead atoms. The van der Waals surface area contributed by atoms with E-state index < -0.39 is 0 Å². The first kappa shape index (κ1) is 4.30. The Balaban J connectivity index is 2.75. The molecule has 0 aromatic carbocycles. The SMILES string of the molecule is [CH]=[C]CC#C. The number of rotatable bonds is 1. The van der Waals surface area contributed by atoms with Gasteiger partial charge in [0.05, 0.1) is 0 Å². The Bertz CT molecular complexity index is 54.9. The molecular formula is C5H4. The van der Waals surface area contributed by atoms with Crippen LogP contribution in [0.15, 0.2) is 0 Å². The maximum Gasteiger partial charge on any atom is 0.0340 e. The van der Waals surface area contributed by atoms with Gasteiger partial charge in [-0.05, 0) is 6.08 Å². The van der Waals surface area contributed by atoms with E-state index >= 15 is 0 Å². The molecule has 0 saturated carbocycles. The molecule has 0 fully saturated rings. The van der Waals surface area contributed by atoms with Crippen LogP contribution in [0.3, 0.4) is 0 Å². The van der Waals surface area contributed by atoms with E-state index in [1.165, 1.54) is 0 Å². The minimum Gasteiger partial charge on any atom is -0.120 e. The molecule has 24 valence electrons. The van der Waals surface area contributed by atoms with Crippen molar-refractivity contribution in [2.75, 3.05) is 0 Å². The zero-order valence-electron chi connectivity index (χ0n) is 2.86. The van der Waals surface area contributed by atoms with Crippen molar-refractivity contribution in [3.05, 3.63) is 12.7 Å². The van der Waals surface area contributed by atoms with E-state index in [1.54, 1.807) is 0 Å². The van der Waals surface area contributed by atoms with Crippen molar-refractivity contribution in [2.45, 2.75) is 6.42 Å². The van der Waals surface area contributed by atoms with Crippen molar-refractivity contribution in [1.82, 2.24) is 0 Å². The van der Waals surface area contributed by atoms with E-state index in [9.17, 15) is 0 Å². The third kappa shape index (κ3) is 3.30. The number of hydrogen-bond acceptors (Lipinski definition) is 0. The van der Waals surface area contributed by atoms with Crippen molar-refractivity contribution in [3.63, 3.8) is 0 Å².